The first-order chi connectivity index (χ1) is 9.65. The fraction of sp³-hybridized carbons (Fsp3) is 0.636. The molecule has 1 aromatic heterocycles. The van der Waals surface area contributed by atoms with Crippen molar-refractivity contribution in [2.24, 2.45) is 4.99 Å². The fourth-order valence-corrected chi connectivity index (χ4v) is 2.57. The zero-order valence-electron chi connectivity index (χ0n) is 11.0. The first kappa shape index (κ1) is 13.2. The SMILES string of the molecule is CNC1=c2[nH]c(=O)n([C@H]3C[C@H](O)[C@@H](CO)O3)c2=NCN1. The summed E-state index contributed by atoms with van der Waals surface area (Å²) >= 11 is 0. The summed E-state index contributed by atoms with van der Waals surface area (Å²) in [6, 6.07) is 0. The molecule has 0 unspecified atom stereocenters. The van der Waals surface area contributed by atoms with Crippen molar-refractivity contribution < 1.29 is 14.9 Å². The molecule has 2 aliphatic rings. The van der Waals surface area contributed by atoms with Gasteiger partial charge in [-0.2, -0.15) is 0 Å². The van der Waals surface area contributed by atoms with Crippen LogP contribution in [0.2, 0.25) is 0 Å². The quantitative estimate of drug-likeness (QED) is 0.389. The number of hydrogen-bond donors (Lipinski definition) is 5. The minimum atomic E-state index is -0.795. The van der Waals surface area contributed by atoms with Crippen LogP contribution in [-0.4, -0.2) is 52.3 Å². The van der Waals surface area contributed by atoms with E-state index in [9.17, 15) is 9.90 Å². The number of aliphatic hydroxyl groups excluding tert-OH is 2. The van der Waals surface area contributed by atoms with Crippen molar-refractivity contribution >= 4 is 5.82 Å². The van der Waals surface area contributed by atoms with Gasteiger partial charge >= 0.3 is 5.69 Å². The standard InChI is InChI=1S/C11H17N5O4/c1-12-9-8-10(14-4-13-9)16(11(19)15-8)7-2-5(18)6(3-17)20-7/h5-7,12-13,17-18H,2-4H2,1H3,(H,15,19)/t5-,6+,7+/m0/s1. The summed E-state index contributed by atoms with van der Waals surface area (Å²) in [5.74, 6) is 0.683. The molecular formula is C11H17N5O4. The molecule has 2 aliphatic heterocycles. The summed E-state index contributed by atoms with van der Waals surface area (Å²) in [5.41, 5.74) is 0.125. The monoisotopic (exact) mass is 283 g/mol. The molecule has 0 radical (unpaired) electrons. The van der Waals surface area contributed by atoms with Crippen LogP contribution in [0.5, 0.6) is 0 Å². The lowest BCUT2D eigenvalue weighted by Gasteiger charge is -2.14. The molecule has 0 aliphatic carbocycles. The van der Waals surface area contributed by atoms with E-state index in [0.29, 0.717) is 23.3 Å². The van der Waals surface area contributed by atoms with Crippen LogP contribution in [-0.2, 0) is 4.74 Å². The average Bonchev–Trinajstić information content (AvgIpc) is 2.97. The number of nitrogens with one attached hydrogen (secondary N) is 3. The summed E-state index contributed by atoms with van der Waals surface area (Å²) in [5, 5.41) is 25.4. The number of hydrogen-bond acceptors (Lipinski definition) is 7. The molecule has 1 fully saturated rings. The van der Waals surface area contributed by atoms with Crippen LogP contribution in [0.4, 0.5) is 0 Å². The van der Waals surface area contributed by atoms with E-state index >= 15 is 0 Å². The van der Waals surface area contributed by atoms with Crippen molar-refractivity contribution in [1.29, 1.82) is 0 Å². The summed E-state index contributed by atoms with van der Waals surface area (Å²) < 4.78 is 6.90. The Balaban J connectivity index is 2.10. The molecular weight excluding hydrogens is 266 g/mol. The molecule has 9 heteroatoms. The molecule has 0 amide bonds. The molecule has 20 heavy (non-hydrogen) atoms. The summed E-state index contributed by atoms with van der Waals surface area (Å²) in [6.45, 7) is 0.0603. The van der Waals surface area contributed by atoms with Crippen LogP contribution in [0.25, 0.3) is 5.82 Å². The molecule has 110 valence electrons. The summed E-state index contributed by atoms with van der Waals surface area (Å²) in [7, 11) is 1.74. The van der Waals surface area contributed by atoms with Crippen molar-refractivity contribution in [3.63, 3.8) is 0 Å². The molecule has 0 saturated carbocycles. The van der Waals surface area contributed by atoms with Gasteiger partial charge in [-0.05, 0) is 0 Å². The highest BCUT2D eigenvalue weighted by Crippen LogP contribution is 2.26. The van der Waals surface area contributed by atoms with Crippen LogP contribution in [0.3, 0.4) is 0 Å². The van der Waals surface area contributed by atoms with Gasteiger partial charge in [0, 0.05) is 13.5 Å². The van der Waals surface area contributed by atoms with Crippen molar-refractivity contribution in [3.8, 4) is 0 Å². The topological polar surface area (TPSA) is 124 Å². The molecule has 3 rings (SSSR count). The Bertz CT molecular complexity index is 678. The Morgan fingerprint density at radius 3 is 3.05 bits per heavy atom. The van der Waals surface area contributed by atoms with E-state index in [1.807, 2.05) is 0 Å². The van der Waals surface area contributed by atoms with E-state index in [1.54, 1.807) is 7.05 Å². The van der Waals surface area contributed by atoms with Gasteiger partial charge < -0.3 is 30.6 Å². The minimum Gasteiger partial charge on any atom is -0.394 e. The second kappa shape index (κ2) is 4.93. The second-order valence-electron chi connectivity index (χ2n) is 4.73. The normalized spacial score (nSPS) is 28.8. The first-order valence-corrected chi connectivity index (χ1v) is 6.41. The Morgan fingerprint density at radius 1 is 1.60 bits per heavy atom. The van der Waals surface area contributed by atoms with Crippen LogP contribution in [0, 0.1) is 0 Å². The van der Waals surface area contributed by atoms with Gasteiger partial charge in [-0.25, -0.2) is 14.4 Å². The number of aromatic nitrogens is 2. The second-order valence-corrected chi connectivity index (χ2v) is 4.73. The van der Waals surface area contributed by atoms with E-state index < -0.39 is 18.4 Å². The average molecular weight is 283 g/mol. The van der Waals surface area contributed by atoms with Gasteiger partial charge in [-0.15, -0.1) is 0 Å². The number of ether oxygens (including phenoxy) is 1. The molecule has 1 saturated heterocycles. The zero-order valence-corrected chi connectivity index (χ0v) is 11.0. The highest BCUT2D eigenvalue weighted by Gasteiger charge is 2.36. The molecule has 9 nitrogen and oxygen atoms in total. The number of aliphatic hydroxyl groups is 2. The van der Waals surface area contributed by atoms with Crippen LogP contribution < -0.4 is 27.2 Å². The van der Waals surface area contributed by atoms with Gasteiger partial charge in [-0.3, -0.25) is 0 Å². The van der Waals surface area contributed by atoms with Crippen LogP contribution in [0.1, 0.15) is 12.6 Å². The lowest BCUT2D eigenvalue weighted by atomic mass is 10.2. The summed E-state index contributed by atoms with van der Waals surface area (Å²) in [4.78, 5) is 19.1. The third-order valence-electron chi connectivity index (χ3n) is 3.56. The van der Waals surface area contributed by atoms with Crippen molar-refractivity contribution in [3.05, 3.63) is 21.3 Å². The van der Waals surface area contributed by atoms with Gasteiger partial charge in [0.15, 0.2) is 5.49 Å². The lowest BCUT2D eigenvalue weighted by Crippen LogP contribution is -2.45. The zero-order chi connectivity index (χ0) is 14.3. The number of H-pyrrole nitrogens is 1. The van der Waals surface area contributed by atoms with Crippen LogP contribution in [0.15, 0.2) is 9.79 Å². The van der Waals surface area contributed by atoms with Gasteiger partial charge in [0.25, 0.3) is 0 Å². The highest BCUT2D eigenvalue weighted by molar-refractivity contribution is 5.37. The van der Waals surface area contributed by atoms with Gasteiger partial charge in [0.2, 0.25) is 0 Å². The van der Waals surface area contributed by atoms with E-state index in [0.717, 1.165) is 0 Å². The molecule has 3 heterocycles. The largest absolute Gasteiger partial charge is 0.394 e. The Hall–Kier alpha value is -1.84. The Morgan fingerprint density at radius 2 is 2.40 bits per heavy atom. The molecule has 5 N–H and O–H groups in total. The molecule has 0 bridgehead atoms. The third kappa shape index (κ3) is 1.90. The van der Waals surface area contributed by atoms with E-state index in [4.69, 9.17) is 9.84 Å². The molecule has 3 atom stereocenters. The predicted molar refractivity (Wildman–Crippen MR) is 67.9 cm³/mol. The van der Waals surface area contributed by atoms with Crippen molar-refractivity contribution in [2.45, 2.75) is 24.9 Å². The smallest absolute Gasteiger partial charge is 0.329 e. The number of imidazole rings is 1. The van der Waals surface area contributed by atoms with Gasteiger partial charge in [0.05, 0.1) is 12.7 Å². The molecule has 1 aromatic rings. The molecule has 0 spiro atoms. The van der Waals surface area contributed by atoms with Gasteiger partial charge in [-0.1, -0.05) is 0 Å². The lowest BCUT2D eigenvalue weighted by molar-refractivity contribution is -0.0466. The minimum absolute atomic E-state index is 0.243. The van der Waals surface area contributed by atoms with Crippen LogP contribution >= 0.6 is 0 Å². The highest BCUT2D eigenvalue weighted by atomic mass is 16.5. The molecule has 0 aromatic carbocycles. The Labute approximate surface area is 113 Å². The predicted octanol–water partition coefficient (Wildman–Crippen LogP) is -3.72. The maximum atomic E-state index is 12.1. The van der Waals surface area contributed by atoms with Crippen molar-refractivity contribution in [1.82, 2.24) is 20.2 Å². The summed E-state index contributed by atoms with van der Waals surface area (Å²) in [6.07, 6.45) is -1.86. The number of aromatic amines is 1. The van der Waals surface area contributed by atoms with E-state index in [2.05, 4.69) is 20.6 Å². The fourth-order valence-electron chi connectivity index (χ4n) is 2.57. The number of nitrogens with zero attached hydrogens (tertiary/aromatic N) is 2. The Kier molecular flexibility index (Phi) is 3.24. The first-order valence-electron chi connectivity index (χ1n) is 6.41. The van der Waals surface area contributed by atoms with E-state index in [1.165, 1.54) is 4.57 Å². The maximum Gasteiger partial charge on any atom is 0.329 e. The van der Waals surface area contributed by atoms with E-state index in [-0.39, 0.29) is 18.7 Å². The van der Waals surface area contributed by atoms with Crippen molar-refractivity contribution in [2.75, 3.05) is 20.3 Å². The third-order valence-corrected chi connectivity index (χ3v) is 3.56. The maximum absolute atomic E-state index is 12.1. The number of rotatable bonds is 3. The number of fused-ring (bicyclic) bond motifs is 1. The van der Waals surface area contributed by atoms with Gasteiger partial charge in [0.1, 0.15) is 30.2 Å².